The van der Waals surface area contributed by atoms with Crippen molar-refractivity contribution in [3.05, 3.63) is 24.0 Å². The predicted molar refractivity (Wildman–Crippen MR) is 64.5 cm³/mol. The number of nitrogens with zero attached hydrogens (tertiary/aromatic N) is 1. The zero-order valence-corrected chi connectivity index (χ0v) is 9.69. The molecule has 3 N–H and O–H groups in total. The van der Waals surface area contributed by atoms with Gasteiger partial charge in [0.15, 0.2) is 0 Å². The second-order valence-electron chi connectivity index (χ2n) is 4.24. The van der Waals surface area contributed by atoms with E-state index in [9.17, 15) is 4.79 Å². The van der Waals surface area contributed by atoms with Gasteiger partial charge in [-0.3, -0.25) is 9.78 Å². The van der Waals surface area contributed by atoms with Crippen molar-refractivity contribution in [1.82, 2.24) is 10.3 Å². The smallest absolute Gasteiger partial charge is 0.254 e. The molecule has 1 fully saturated rings. The third-order valence-electron chi connectivity index (χ3n) is 2.96. The number of carbonyl (C=O) groups excluding carboxylic acids is 1. The Morgan fingerprint density at radius 2 is 2.53 bits per heavy atom. The Morgan fingerprint density at radius 1 is 1.65 bits per heavy atom. The van der Waals surface area contributed by atoms with Crippen molar-refractivity contribution >= 4 is 11.6 Å². The summed E-state index contributed by atoms with van der Waals surface area (Å²) in [4.78, 5) is 15.7. The fourth-order valence-electron chi connectivity index (χ4n) is 1.89. The van der Waals surface area contributed by atoms with Crippen LogP contribution in [0.3, 0.4) is 0 Å². The molecule has 92 valence electrons. The number of anilines is 1. The summed E-state index contributed by atoms with van der Waals surface area (Å²) in [5.74, 6) is 0.413. The van der Waals surface area contributed by atoms with Crippen LogP contribution in [0, 0.1) is 5.92 Å². The highest BCUT2D eigenvalue weighted by molar-refractivity contribution is 5.98. The molecule has 2 rings (SSSR count). The van der Waals surface area contributed by atoms with Crippen LogP contribution in [-0.2, 0) is 4.74 Å². The number of nitrogen functional groups attached to an aromatic ring is 1. The molecule has 1 aromatic heterocycles. The average molecular weight is 235 g/mol. The Labute approximate surface area is 100 Å². The van der Waals surface area contributed by atoms with E-state index in [0.717, 1.165) is 26.1 Å². The van der Waals surface area contributed by atoms with Crippen molar-refractivity contribution in [2.45, 2.75) is 12.8 Å². The second kappa shape index (κ2) is 5.63. The van der Waals surface area contributed by atoms with Crippen molar-refractivity contribution in [3.8, 4) is 0 Å². The van der Waals surface area contributed by atoms with Gasteiger partial charge in [-0.25, -0.2) is 0 Å². The van der Waals surface area contributed by atoms with Crippen LogP contribution in [0.5, 0.6) is 0 Å². The minimum atomic E-state index is -0.158. The summed E-state index contributed by atoms with van der Waals surface area (Å²) >= 11 is 0. The van der Waals surface area contributed by atoms with Gasteiger partial charge in [0.2, 0.25) is 0 Å². The quantitative estimate of drug-likeness (QED) is 0.810. The van der Waals surface area contributed by atoms with E-state index in [1.54, 1.807) is 12.3 Å². The van der Waals surface area contributed by atoms with Gasteiger partial charge in [0.1, 0.15) is 0 Å². The maximum Gasteiger partial charge on any atom is 0.254 e. The second-order valence-corrected chi connectivity index (χ2v) is 4.24. The highest BCUT2D eigenvalue weighted by atomic mass is 16.5. The lowest BCUT2D eigenvalue weighted by atomic mass is 10.1. The number of nitrogens with one attached hydrogen (secondary N) is 1. The molecule has 0 radical (unpaired) electrons. The van der Waals surface area contributed by atoms with E-state index in [0.29, 0.717) is 23.7 Å². The largest absolute Gasteiger partial charge is 0.398 e. The highest BCUT2D eigenvalue weighted by Gasteiger charge is 2.16. The van der Waals surface area contributed by atoms with E-state index in [1.807, 2.05) is 0 Å². The topological polar surface area (TPSA) is 77.2 Å². The van der Waals surface area contributed by atoms with Gasteiger partial charge in [0.05, 0.1) is 5.56 Å². The maximum absolute atomic E-state index is 11.8. The number of ether oxygens (including phenoxy) is 1. The van der Waals surface area contributed by atoms with Gasteiger partial charge in [-0.2, -0.15) is 0 Å². The van der Waals surface area contributed by atoms with E-state index in [4.69, 9.17) is 10.5 Å². The van der Waals surface area contributed by atoms with Gasteiger partial charge in [-0.05, 0) is 24.8 Å². The fraction of sp³-hybridized carbons (Fsp3) is 0.500. The van der Waals surface area contributed by atoms with Crippen molar-refractivity contribution in [1.29, 1.82) is 0 Å². The van der Waals surface area contributed by atoms with E-state index in [1.165, 1.54) is 6.20 Å². The third kappa shape index (κ3) is 3.17. The SMILES string of the molecule is Nc1ccncc1C(=O)NCCC1CCOC1. The molecule has 1 aliphatic rings. The predicted octanol–water partition coefficient (Wildman–Crippen LogP) is 0.820. The Bertz CT molecular complexity index is 389. The Balaban J connectivity index is 1.79. The summed E-state index contributed by atoms with van der Waals surface area (Å²) in [7, 11) is 0. The first-order valence-corrected chi connectivity index (χ1v) is 5.83. The summed E-state index contributed by atoms with van der Waals surface area (Å²) in [6.07, 6.45) is 5.10. The molecule has 1 aliphatic heterocycles. The Kier molecular flexibility index (Phi) is 3.93. The van der Waals surface area contributed by atoms with Crippen molar-refractivity contribution < 1.29 is 9.53 Å². The number of hydrogen-bond acceptors (Lipinski definition) is 4. The average Bonchev–Trinajstić information content (AvgIpc) is 2.82. The van der Waals surface area contributed by atoms with E-state index >= 15 is 0 Å². The molecular weight excluding hydrogens is 218 g/mol. The number of rotatable bonds is 4. The van der Waals surface area contributed by atoms with Crippen LogP contribution in [0.1, 0.15) is 23.2 Å². The number of aromatic nitrogens is 1. The van der Waals surface area contributed by atoms with Gasteiger partial charge in [-0.15, -0.1) is 0 Å². The summed E-state index contributed by atoms with van der Waals surface area (Å²) in [5.41, 5.74) is 6.59. The van der Waals surface area contributed by atoms with Crippen LogP contribution in [0.25, 0.3) is 0 Å². The van der Waals surface area contributed by atoms with Crippen LogP contribution in [0.15, 0.2) is 18.5 Å². The van der Waals surface area contributed by atoms with Gasteiger partial charge in [-0.1, -0.05) is 0 Å². The number of carbonyl (C=O) groups is 1. The van der Waals surface area contributed by atoms with Gasteiger partial charge in [0.25, 0.3) is 5.91 Å². The molecule has 0 spiro atoms. The van der Waals surface area contributed by atoms with E-state index < -0.39 is 0 Å². The molecule has 1 aromatic rings. The molecule has 0 bridgehead atoms. The first kappa shape index (κ1) is 11.9. The van der Waals surface area contributed by atoms with Crippen LogP contribution in [0.2, 0.25) is 0 Å². The monoisotopic (exact) mass is 235 g/mol. The zero-order chi connectivity index (χ0) is 12.1. The van der Waals surface area contributed by atoms with E-state index in [-0.39, 0.29) is 5.91 Å². The number of hydrogen-bond donors (Lipinski definition) is 2. The van der Waals surface area contributed by atoms with Crippen molar-refractivity contribution in [2.24, 2.45) is 5.92 Å². The van der Waals surface area contributed by atoms with Crippen LogP contribution in [-0.4, -0.2) is 30.6 Å². The molecule has 1 atom stereocenters. The maximum atomic E-state index is 11.8. The lowest BCUT2D eigenvalue weighted by Gasteiger charge is -2.09. The van der Waals surface area contributed by atoms with Crippen LogP contribution < -0.4 is 11.1 Å². The molecule has 5 nitrogen and oxygen atoms in total. The first-order chi connectivity index (χ1) is 8.27. The minimum absolute atomic E-state index is 0.158. The summed E-state index contributed by atoms with van der Waals surface area (Å²) in [6, 6.07) is 1.62. The molecule has 2 heterocycles. The molecule has 17 heavy (non-hydrogen) atoms. The first-order valence-electron chi connectivity index (χ1n) is 5.83. The molecular formula is C12H17N3O2. The van der Waals surface area contributed by atoms with Gasteiger partial charge in [0, 0.05) is 37.8 Å². The Hall–Kier alpha value is -1.62. The molecule has 1 amide bonds. The number of nitrogens with two attached hydrogens (primary N) is 1. The summed E-state index contributed by atoms with van der Waals surface area (Å²) in [5, 5.41) is 2.85. The van der Waals surface area contributed by atoms with Crippen molar-refractivity contribution in [3.63, 3.8) is 0 Å². The lowest BCUT2D eigenvalue weighted by Crippen LogP contribution is -2.26. The summed E-state index contributed by atoms with van der Waals surface area (Å²) in [6.45, 7) is 2.31. The van der Waals surface area contributed by atoms with Crippen LogP contribution >= 0.6 is 0 Å². The highest BCUT2D eigenvalue weighted by Crippen LogP contribution is 2.15. The molecule has 1 unspecified atom stereocenters. The number of pyridine rings is 1. The van der Waals surface area contributed by atoms with Gasteiger partial charge < -0.3 is 15.8 Å². The third-order valence-corrected chi connectivity index (χ3v) is 2.96. The molecule has 0 saturated carbocycles. The van der Waals surface area contributed by atoms with Gasteiger partial charge >= 0.3 is 0 Å². The molecule has 0 aromatic carbocycles. The Morgan fingerprint density at radius 3 is 3.24 bits per heavy atom. The van der Waals surface area contributed by atoms with Crippen molar-refractivity contribution in [2.75, 3.05) is 25.5 Å². The number of amides is 1. The molecule has 5 heteroatoms. The standard InChI is InChI=1S/C12H17N3O2/c13-11-2-4-14-7-10(11)12(16)15-5-1-9-3-6-17-8-9/h2,4,7,9H,1,3,5-6,8H2,(H2,13,14)(H,15,16). The fourth-order valence-corrected chi connectivity index (χ4v) is 1.89. The lowest BCUT2D eigenvalue weighted by molar-refractivity contribution is 0.0951. The minimum Gasteiger partial charge on any atom is -0.398 e. The van der Waals surface area contributed by atoms with Crippen LogP contribution in [0.4, 0.5) is 5.69 Å². The molecule has 1 saturated heterocycles. The van der Waals surface area contributed by atoms with E-state index in [2.05, 4.69) is 10.3 Å². The summed E-state index contributed by atoms with van der Waals surface area (Å²) < 4.78 is 5.28. The normalized spacial score (nSPS) is 19.2. The molecule has 0 aliphatic carbocycles. The zero-order valence-electron chi connectivity index (χ0n) is 9.69.